The van der Waals surface area contributed by atoms with Gasteiger partial charge < -0.3 is 4.90 Å². The highest BCUT2D eigenvalue weighted by Crippen LogP contribution is 2.27. The van der Waals surface area contributed by atoms with E-state index in [1.54, 1.807) is 4.90 Å². The predicted octanol–water partition coefficient (Wildman–Crippen LogP) is 0.483. The van der Waals surface area contributed by atoms with Crippen LogP contribution in [0.15, 0.2) is 17.2 Å². The molecule has 0 saturated carbocycles. The normalized spacial score (nSPS) is 11.3. The van der Waals surface area contributed by atoms with Crippen LogP contribution in [0.3, 0.4) is 0 Å². The van der Waals surface area contributed by atoms with Crippen molar-refractivity contribution < 1.29 is 13.3 Å². The van der Waals surface area contributed by atoms with Crippen molar-refractivity contribution in [2.75, 3.05) is 18.0 Å². The van der Waals surface area contributed by atoms with Crippen LogP contribution in [0.1, 0.15) is 13.8 Å². The molecule has 0 aromatic carbocycles. The zero-order valence-corrected chi connectivity index (χ0v) is 10.8. The van der Waals surface area contributed by atoms with Gasteiger partial charge in [-0.3, -0.25) is 10.1 Å². The maximum atomic E-state index is 11.1. The molecule has 1 heterocycles. The number of hydrogen-bond acceptors (Lipinski definition) is 6. The Labute approximate surface area is 105 Å². The Kier molecular flexibility index (Phi) is 4.19. The summed E-state index contributed by atoms with van der Waals surface area (Å²) in [5, 5.41) is 15.9. The van der Waals surface area contributed by atoms with Crippen molar-refractivity contribution in [1.82, 2.24) is 4.98 Å². The SMILES string of the molecule is CCN(CC)c1ncc(S(N)(=O)=O)cc1[N+](=O)[O-]. The van der Waals surface area contributed by atoms with Crippen LogP contribution >= 0.6 is 0 Å². The van der Waals surface area contributed by atoms with Gasteiger partial charge in [0.1, 0.15) is 4.90 Å². The van der Waals surface area contributed by atoms with Gasteiger partial charge in [-0.05, 0) is 13.8 Å². The number of primary sulfonamides is 1. The molecule has 0 saturated heterocycles. The van der Waals surface area contributed by atoms with Crippen molar-refractivity contribution in [2.45, 2.75) is 18.7 Å². The van der Waals surface area contributed by atoms with E-state index >= 15 is 0 Å². The van der Waals surface area contributed by atoms with Crippen molar-refractivity contribution >= 4 is 21.5 Å². The Morgan fingerprint density at radius 1 is 1.44 bits per heavy atom. The number of hydrogen-bond donors (Lipinski definition) is 1. The third kappa shape index (κ3) is 2.93. The van der Waals surface area contributed by atoms with Crippen LogP contribution in [0.2, 0.25) is 0 Å². The number of rotatable bonds is 5. The summed E-state index contributed by atoms with van der Waals surface area (Å²) >= 11 is 0. The fourth-order valence-corrected chi connectivity index (χ4v) is 1.96. The van der Waals surface area contributed by atoms with Crippen LogP contribution < -0.4 is 10.0 Å². The molecule has 0 radical (unpaired) electrons. The Balaban J connectivity index is 3.43. The first-order chi connectivity index (χ1) is 8.31. The van der Waals surface area contributed by atoms with E-state index in [0.717, 1.165) is 12.3 Å². The van der Waals surface area contributed by atoms with Gasteiger partial charge in [-0.15, -0.1) is 0 Å². The lowest BCUT2D eigenvalue weighted by Gasteiger charge is -2.19. The average molecular weight is 274 g/mol. The molecule has 0 spiro atoms. The smallest absolute Gasteiger partial charge is 0.312 e. The van der Waals surface area contributed by atoms with Gasteiger partial charge >= 0.3 is 5.69 Å². The summed E-state index contributed by atoms with van der Waals surface area (Å²) in [6.07, 6.45) is 1.02. The lowest BCUT2D eigenvalue weighted by molar-refractivity contribution is -0.384. The summed E-state index contributed by atoms with van der Waals surface area (Å²) < 4.78 is 22.3. The molecule has 8 nitrogen and oxygen atoms in total. The maximum Gasteiger partial charge on any atom is 0.312 e. The summed E-state index contributed by atoms with van der Waals surface area (Å²) in [6, 6.07) is 0.927. The maximum absolute atomic E-state index is 11.1. The molecule has 0 amide bonds. The van der Waals surface area contributed by atoms with Crippen LogP contribution in [0.4, 0.5) is 11.5 Å². The van der Waals surface area contributed by atoms with Gasteiger partial charge in [0.15, 0.2) is 0 Å². The van der Waals surface area contributed by atoms with Crippen molar-refractivity contribution in [1.29, 1.82) is 0 Å². The number of anilines is 1. The zero-order chi connectivity index (χ0) is 13.9. The Morgan fingerprint density at radius 3 is 2.39 bits per heavy atom. The van der Waals surface area contributed by atoms with E-state index in [-0.39, 0.29) is 16.4 Å². The molecular weight excluding hydrogens is 260 g/mol. The minimum atomic E-state index is -4.00. The molecule has 0 atom stereocenters. The van der Waals surface area contributed by atoms with Crippen molar-refractivity contribution in [3.05, 3.63) is 22.4 Å². The first-order valence-corrected chi connectivity index (χ1v) is 6.78. The Hall–Kier alpha value is -1.74. The zero-order valence-electron chi connectivity index (χ0n) is 10.0. The second-order valence-electron chi connectivity index (χ2n) is 3.49. The predicted molar refractivity (Wildman–Crippen MR) is 65.8 cm³/mol. The van der Waals surface area contributed by atoms with E-state index in [4.69, 9.17) is 5.14 Å². The molecule has 0 aliphatic carbocycles. The van der Waals surface area contributed by atoms with Crippen LogP contribution in [-0.2, 0) is 10.0 Å². The van der Waals surface area contributed by atoms with E-state index in [9.17, 15) is 18.5 Å². The molecule has 0 aliphatic rings. The number of nitrogens with zero attached hydrogens (tertiary/aromatic N) is 3. The van der Waals surface area contributed by atoms with Gasteiger partial charge in [0.2, 0.25) is 15.8 Å². The minimum Gasteiger partial charge on any atom is -0.351 e. The molecule has 0 fully saturated rings. The molecule has 1 rings (SSSR count). The summed E-state index contributed by atoms with van der Waals surface area (Å²) in [5.74, 6) is 0.136. The number of aromatic nitrogens is 1. The van der Waals surface area contributed by atoms with Crippen LogP contribution in [0.25, 0.3) is 0 Å². The topological polar surface area (TPSA) is 119 Å². The van der Waals surface area contributed by atoms with Gasteiger partial charge in [0, 0.05) is 25.4 Å². The van der Waals surface area contributed by atoms with Gasteiger partial charge in [-0.1, -0.05) is 0 Å². The standard InChI is InChI=1S/C9H14N4O4S/c1-3-12(4-2)9-8(13(14)15)5-7(6-11-9)18(10,16)17/h5-6H,3-4H2,1-2H3,(H2,10,16,17). The molecule has 1 aromatic rings. The fourth-order valence-electron chi connectivity index (χ4n) is 1.48. The molecule has 0 aliphatic heterocycles. The molecule has 0 bridgehead atoms. The second kappa shape index (κ2) is 5.27. The third-order valence-electron chi connectivity index (χ3n) is 2.41. The van der Waals surface area contributed by atoms with E-state index < -0.39 is 14.9 Å². The van der Waals surface area contributed by atoms with Gasteiger partial charge in [-0.25, -0.2) is 18.5 Å². The van der Waals surface area contributed by atoms with Gasteiger partial charge in [0.05, 0.1) is 4.92 Å². The molecule has 0 unspecified atom stereocenters. The van der Waals surface area contributed by atoms with Crippen molar-refractivity contribution in [3.8, 4) is 0 Å². The summed E-state index contributed by atoms with van der Waals surface area (Å²) in [4.78, 5) is 15.4. The average Bonchev–Trinajstić information content (AvgIpc) is 2.29. The fraction of sp³-hybridized carbons (Fsp3) is 0.444. The van der Waals surface area contributed by atoms with Gasteiger partial charge in [-0.2, -0.15) is 0 Å². The first-order valence-electron chi connectivity index (χ1n) is 5.23. The van der Waals surface area contributed by atoms with E-state index in [1.165, 1.54) is 0 Å². The number of nitrogens with two attached hydrogens (primary N) is 1. The minimum absolute atomic E-state index is 0.136. The summed E-state index contributed by atoms with van der Waals surface area (Å²) in [5.41, 5.74) is -0.370. The number of sulfonamides is 1. The lowest BCUT2D eigenvalue weighted by Crippen LogP contribution is -2.24. The van der Waals surface area contributed by atoms with Crippen LogP contribution in [-0.4, -0.2) is 31.4 Å². The molecule has 2 N–H and O–H groups in total. The highest BCUT2D eigenvalue weighted by Gasteiger charge is 2.23. The number of nitro groups is 1. The first kappa shape index (κ1) is 14.3. The lowest BCUT2D eigenvalue weighted by atomic mass is 10.3. The molecular formula is C9H14N4O4S. The van der Waals surface area contributed by atoms with Crippen LogP contribution in [0.5, 0.6) is 0 Å². The van der Waals surface area contributed by atoms with Crippen molar-refractivity contribution in [2.24, 2.45) is 5.14 Å². The van der Waals surface area contributed by atoms with E-state index in [1.807, 2.05) is 13.8 Å². The second-order valence-corrected chi connectivity index (χ2v) is 5.05. The largest absolute Gasteiger partial charge is 0.351 e. The monoisotopic (exact) mass is 274 g/mol. The van der Waals surface area contributed by atoms with Gasteiger partial charge in [0.25, 0.3) is 0 Å². The Morgan fingerprint density at radius 2 is 2.00 bits per heavy atom. The summed E-state index contributed by atoms with van der Waals surface area (Å²) in [7, 11) is -4.00. The molecule has 18 heavy (non-hydrogen) atoms. The number of pyridine rings is 1. The third-order valence-corrected chi connectivity index (χ3v) is 3.29. The summed E-state index contributed by atoms with van der Waals surface area (Å²) in [6.45, 7) is 4.70. The quantitative estimate of drug-likeness (QED) is 0.616. The Bertz CT molecular complexity index is 554. The molecule has 100 valence electrons. The van der Waals surface area contributed by atoms with Crippen molar-refractivity contribution in [3.63, 3.8) is 0 Å². The molecule has 9 heteroatoms. The highest BCUT2D eigenvalue weighted by atomic mass is 32.2. The molecule has 1 aromatic heterocycles. The van der Waals surface area contributed by atoms with Crippen LogP contribution in [0, 0.1) is 10.1 Å². The van der Waals surface area contributed by atoms with E-state index in [2.05, 4.69) is 4.98 Å². The highest BCUT2D eigenvalue weighted by molar-refractivity contribution is 7.89. The van der Waals surface area contributed by atoms with E-state index in [0.29, 0.717) is 13.1 Å².